The topological polar surface area (TPSA) is 52.6 Å². The SMILES string of the molecule is CC=C1CN2CC[C@@]34C(=C(C=O)[C@H]1C[C@H]23)Nc1c(O)cccc14. The molecule has 0 amide bonds. The van der Waals surface area contributed by atoms with E-state index >= 15 is 0 Å². The van der Waals surface area contributed by atoms with Crippen molar-refractivity contribution in [1.82, 2.24) is 4.90 Å². The third-order valence-corrected chi connectivity index (χ3v) is 6.48. The van der Waals surface area contributed by atoms with Crippen molar-refractivity contribution in [3.8, 4) is 5.75 Å². The number of piperidine rings is 1. The number of aldehydes is 1. The lowest BCUT2D eigenvalue weighted by Gasteiger charge is -2.48. The average molecular weight is 308 g/mol. The predicted molar refractivity (Wildman–Crippen MR) is 88.3 cm³/mol. The Hall–Kier alpha value is -2.07. The van der Waals surface area contributed by atoms with Crippen molar-refractivity contribution in [1.29, 1.82) is 0 Å². The third-order valence-electron chi connectivity index (χ3n) is 6.48. The maximum Gasteiger partial charge on any atom is 0.148 e. The normalized spacial score (nSPS) is 36.0. The molecule has 1 aliphatic carbocycles. The minimum absolute atomic E-state index is 0.139. The number of phenolic OH excluding ortho intramolecular Hbond substituents is 1. The maximum atomic E-state index is 12.0. The summed E-state index contributed by atoms with van der Waals surface area (Å²) in [5, 5.41) is 13.7. The number of nitrogens with zero attached hydrogens (tertiary/aromatic N) is 1. The highest BCUT2D eigenvalue weighted by Crippen LogP contribution is 2.61. The lowest BCUT2D eigenvalue weighted by Crippen LogP contribution is -2.52. The van der Waals surface area contributed by atoms with Crippen LogP contribution in [0, 0.1) is 5.92 Å². The van der Waals surface area contributed by atoms with E-state index in [1.165, 1.54) is 11.1 Å². The van der Waals surface area contributed by atoms with Crippen LogP contribution >= 0.6 is 0 Å². The van der Waals surface area contributed by atoms with Crippen molar-refractivity contribution in [2.24, 2.45) is 5.92 Å². The Morgan fingerprint density at radius 1 is 1.43 bits per heavy atom. The molecule has 3 heterocycles. The molecule has 4 aliphatic rings. The Morgan fingerprint density at radius 2 is 2.30 bits per heavy atom. The van der Waals surface area contributed by atoms with Crippen LogP contribution < -0.4 is 5.32 Å². The van der Waals surface area contributed by atoms with Crippen LogP contribution in [-0.4, -0.2) is 35.4 Å². The van der Waals surface area contributed by atoms with E-state index in [4.69, 9.17) is 0 Å². The van der Waals surface area contributed by atoms with Crippen LogP contribution in [0.4, 0.5) is 5.69 Å². The van der Waals surface area contributed by atoms with E-state index in [0.717, 1.165) is 49.2 Å². The smallest absolute Gasteiger partial charge is 0.148 e. The number of carbonyl (C=O) groups is 1. The van der Waals surface area contributed by atoms with Crippen molar-refractivity contribution >= 4 is 12.0 Å². The fourth-order valence-corrected chi connectivity index (χ4v) is 5.50. The third kappa shape index (κ3) is 1.39. The van der Waals surface area contributed by atoms with Gasteiger partial charge in [-0.3, -0.25) is 9.69 Å². The zero-order valence-electron chi connectivity index (χ0n) is 13.2. The van der Waals surface area contributed by atoms with Crippen LogP contribution in [0.2, 0.25) is 0 Å². The van der Waals surface area contributed by atoms with E-state index in [9.17, 15) is 9.90 Å². The fraction of sp³-hybridized carbons (Fsp3) is 0.421. The highest BCUT2D eigenvalue weighted by Gasteiger charge is 2.61. The number of allylic oxidation sites excluding steroid dienone is 2. The first-order valence-corrected chi connectivity index (χ1v) is 8.39. The first kappa shape index (κ1) is 13.4. The zero-order chi connectivity index (χ0) is 15.8. The van der Waals surface area contributed by atoms with E-state index < -0.39 is 0 Å². The summed E-state index contributed by atoms with van der Waals surface area (Å²) in [7, 11) is 0. The van der Waals surface area contributed by atoms with Gasteiger partial charge in [-0.05, 0) is 31.4 Å². The molecule has 1 aromatic rings. The fourth-order valence-electron chi connectivity index (χ4n) is 5.50. The molecule has 23 heavy (non-hydrogen) atoms. The molecule has 3 aliphatic heterocycles. The lowest BCUT2D eigenvalue weighted by atomic mass is 9.62. The van der Waals surface area contributed by atoms with E-state index in [1.54, 1.807) is 6.07 Å². The largest absolute Gasteiger partial charge is 0.506 e. The molecule has 1 spiro atoms. The predicted octanol–water partition coefficient (Wildman–Crippen LogP) is 2.56. The molecule has 1 aromatic carbocycles. The summed E-state index contributed by atoms with van der Waals surface area (Å²) >= 11 is 0. The van der Waals surface area contributed by atoms with Gasteiger partial charge in [-0.15, -0.1) is 0 Å². The van der Waals surface area contributed by atoms with E-state index in [0.29, 0.717) is 6.04 Å². The molecule has 118 valence electrons. The van der Waals surface area contributed by atoms with Gasteiger partial charge in [0, 0.05) is 36.3 Å². The van der Waals surface area contributed by atoms with Crippen molar-refractivity contribution in [2.75, 3.05) is 18.4 Å². The van der Waals surface area contributed by atoms with Gasteiger partial charge in [-0.25, -0.2) is 0 Å². The minimum Gasteiger partial charge on any atom is -0.506 e. The molecule has 2 fully saturated rings. The number of para-hydroxylation sites is 1. The highest BCUT2D eigenvalue weighted by molar-refractivity contribution is 5.86. The summed E-state index contributed by atoms with van der Waals surface area (Å²) in [6.07, 6.45) is 5.24. The second kappa shape index (κ2) is 4.26. The van der Waals surface area contributed by atoms with Gasteiger partial charge in [-0.2, -0.15) is 0 Å². The number of hydrogen-bond acceptors (Lipinski definition) is 4. The molecule has 0 radical (unpaired) electrons. The molecule has 0 aromatic heterocycles. The van der Waals surface area contributed by atoms with Crippen molar-refractivity contribution < 1.29 is 9.90 Å². The second-order valence-electron chi connectivity index (χ2n) is 7.13. The van der Waals surface area contributed by atoms with Gasteiger partial charge in [0.2, 0.25) is 0 Å². The van der Waals surface area contributed by atoms with E-state index in [1.807, 2.05) is 6.07 Å². The number of benzene rings is 1. The molecule has 0 saturated carbocycles. The Kier molecular flexibility index (Phi) is 2.48. The monoisotopic (exact) mass is 308 g/mol. The van der Waals surface area contributed by atoms with Gasteiger partial charge in [0.05, 0.1) is 11.1 Å². The molecule has 4 nitrogen and oxygen atoms in total. The van der Waals surface area contributed by atoms with Gasteiger partial charge in [0.1, 0.15) is 12.0 Å². The summed E-state index contributed by atoms with van der Waals surface area (Å²) < 4.78 is 0. The van der Waals surface area contributed by atoms with Crippen LogP contribution in [0.25, 0.3) is 0 Å². The molecule has 2 saturated heterocycles. The maximum absolute atomic E-state index is 12.0. The standard InChI is InChI=1S/C19H20N2O2/c1-2-11-9-21-7-6-19-14-4-3-5-15(23)17(14)20-18(19)13(10-22)12(11)8-16(19)21/h2-5,10,12,16,20,23H,6-9H2,1H3/t12-,16-,19-/m0/s1. The van der Waals surface area contributed by atoms with Crippen LogP contribution in [-0.2, 0) is 10.2 Å². The van der Waals surface area contributed by atoms with Gasteiger partial charge in [0.15, 0.2) is 0 Å². The summed E-state index contributed by atoms with van der Waals surface area (Å²) in [6, 6.07) is 6.18. The van der Waals surface area contributed by atoms with Gasteiger partial charge in [0.25, 0.3) is 0 Å². The molecule has 3 atom stereocenters. The molecule has 5 rings (SSSR count). The molecule has 4 heteroatoms. The number of hydrogen-bond donors (Lipinski definition) is 2. The van der Waals surface area contributed by atoms with Crippen LogP contribution in [0.15, 0.2) is 41.1 Å². The Labute approximate surface area is 135 Å². The lowest BCUT2D eigenvalue weighted by molar-refractivity contribution is -0.105. The van der Waals surface area contributed by atoms with Gasteiger partial charge >= 0.3 is 0 Å². The van der Waals surface area contributed by atoms with Crippen molar-refractivity contribution in [2.45, 2.75) is 31.2 Å². The number of anilines is 1. The van der Waals surface area contributed by atoms with Gasteiger partial charge < -0.3 is 10.4 Å². The summed E-state index contributed by atoms with van der Waals surface area (Å²) in [5.41, 5.74) is 5.13. The van der Waals surface area contributed by atoms with Crippen LogP contribution in [0.3, 0.4) is 0 Å². The Balaban J connectivity index is 1.84. The molecular formula is C19H20N2O2. The number of rotatable bonds is 1. The number of fused-ring (bicyclic) bond motifs is 2. The van der Waals surface area contributed by atoms with Crippen LogP contribution in [0.1, 0.15) is 25.3 Å². The van der Waals surface area contributed by atoms with Gasteiger partial charge in [-0.1, -0.05) is 23.8 Å². The first-order valence-electron chi connectivity index (χ1n) is 8.39. The summed E-state index contributed by atoms with van der Waals surface area (Å²) in [4.78, 5) is 14.5. The highest BCUT2D eigenvalue weighted by atomic mass is 16.3. The summed E-state index contributed by atoms with van der Waals surface area (Å²) in [6.45, 7) is 4.08. The molecule has 0 unspecified atom stereocenters. The Morgan fingerprint density at radius 3 is 3.09 bits per heavy atom. The minimum atomic E-state index is -0.139. The number of nitrogens with one attached hydrogen (secondary N) is 1. The molecule has 2 N–H and O–H groups in total. The first-order chi connectivity index (χ1) is 11.2. The molecular weight excluding hydrogens is 288 g/mol. The number of aromatic hydroxyl groups is 1. The average Bonchev–Trinajstić information content (AvgIpc) is 3.12. The zero-order valence-corrected chi connectivity index (χ0v) is 13.2. The van der Waals surface area contributed by atoms with E-state index in [-0.39, 0.29) is 17.1 Å². The van der Waals surface area contributed by atoms with Crippen molar-refractivity contribution in [3.05, 3.63) is 46.7 Å². The quantitative estimate of drug-likeness (QED) is 0.476. The van der Waals surface area contributed by atoms with E-state index in [2.05, 4.69) is 29.3 Å². The van der Waals surface area contributed by atoms with Crippen LogP contribution in [0.5, 0.6) is 5.75 Å². The molecule has 2 bridgehead atoms. The second-order valence-corrected chi connectivity index (χ2v) is 7.13. The van der Waals surface area contributed by atoms with Crippen molar-refractivity contribution in [3.63, 3.8) is 0 Å². The summed E-state index contributed by atoms with van der Waals surface area (Å²) in [5.74, 6) is 0.507. The number of carbonyl (C=O) groups excluding carboxylic acids is 1. The Bertz CT molecular complexity index is 795. The number of phenols is 1.